The standard InChI is InChI=1S/C14H21ClN2O/c1-4-17(14(18)13(16)10(2)3)9-11-7-5-6-8-12(11)15/h5-8,10,13H,4,9,16H2,1-3H3. The molecular formula is C14H21ClN2O. The van der Waals surface area contributed by atoms with E-state index in [4.69, 9.17) is 17.3 Å². The molecule has 0 fully saturated rings. The van der Waals surface area contributed by atoms with Crippen molar-refractivity contribution in [1.29, 1.82) is 0 Å². The van der Waals surface area contributed by atoms with Gasteiger partial charge in [-0.1, -0.05) is 43.6 Å². The summed E-state index contributed by atoms with van der Waals surface area (Å²) >= 11 is 6.10. The number of nitrogens with two attached hydrogens (primary N) is 1. The summed E-state index contributed by atoms with van der Waals surface area (Å²) in [5, 5.41) is 0.682. The Bertz CT molecular complexity index is 407. The molecule has 1 amide bonds. The van der Waals surface area contributed by atoms with Gasteiger partial charge in [-0.2, -0.15) is 0 Å². The molecule has 0 saturated heterocycles. The fourth-order valence-corrected chi connectivity index (χ4v) is 1.87. The van der Waals surface area contributed by atoms with Crippen LogP contribution in [0, 0.1) is 5.92 Å². The largest absolute Gasteiger partial charge is 0.337 e. The summed E-state index contributed by atoms with van der Waals surface area (Å²) in [5.41, 5.74) is 6.85. The van der Waals surface area contributed by atoms with Crippen LogP contribution in [-0.2, 0) is 11.3 Å². The first kappa shape index (κ1) is 15.0. The molecule has 1 rings (SSSR count). The highest BCUT2D eigenvalue weighted by molar-refractivity contribution is 6.31. The molecule has 1 unspecified atom stereocenters. The van der Waals surface area contributed by atoms with Crippen LogP contribution in [0.25, 0.3) is 0 Å². The van der Waals surface area contributed by atoms with Gasteiger partial charge in [0.25, 0.3) is 0 Å². The van der Waals surface area contributed by atoms with Gasteiger partial charge in [-0.3, -0.25) is 4.79 Å². The molecule has 18 heavy (non-hydrogen) atoms. The maximum Gasteiger partial charge on any atom is 0.240 e. The molecule has 100 valence electrons. The molecule has 0 aliphatic carbocycles. The molecule has 0 radical (unpaired) electrons. The lowest BCUT2D eigenvalue weighted by atomic mass is 10.0. The van der Waals surface area contributed by atoms with Gasteiger partial charge in [0.1, 0.15) is 0 Å². The van der Waals surface area contributed by atoms with Crippen molar-refractivity contribution < 1.29 is 4.79 Å². The van der Waals surface area contributed by atoms with Gasteiger partial charge in [0, 0.05) is 18.1 Å². The third-order valence-corrected chi connectivity index (χ3v) is 3.38. The highest BCUT2D eigenvalue weighted by atomic mass is 35.5. The monoisotopic (exact) mass is 268 g/mol. The van der Waals surface area contributed by atoms with Crippen LogP contribution in [0.1, 0.15) is 26.3 Å². The van der Waals surface area contributed by atoms with Crippen LogP contribution in [-0.4, -0.2) is 23.4 Å². The number of hydrogen-bond acceptors (Lipinski definition) is 2. The number of likely N-dealkylation sites (N-methyl/N-ethyl adjacent to an activating group) is 1. The number of carbonyl (C=O) groups is 1. The molecular weight excluding hydrogens is 248 g/mol. The predicted molar refractivity (Wildman–Crippen MR) is 75.4 cm³/mol. The molecule has 0 bridgehead atoms. The normalized spacial score (nSPS) is 12.6. The molecule has 2 N–H and O–H groups in total. The van der Waals surface area contributed by atoms with Crippen molar-refractivity contribution in [3.05, 3.63) is 34.9 Å². The third-order valence-electron chi connectivity index (χ3n) is 3.02. The van der Waals surface area contributed by atoms with E-state index in [-0.39, 0.29) is 11.8 Å². The van der Waals surface area contributed by atoms with Gasteiger partial charge < -0.3 is 10.6 Å². The lowest BCUT2D eigenvalue weighted by molar-refractivity contribution is -0.134. The molecule has 1 atom stereocenters. The Labute approximate surface area is 114 Å². The van der Waals surface area contributed by atoms with Crippen molar-refractivity contribution in [3.63, 3.8) is 0 Å². The minimum absolute atomic E-state index is 0.0209. The second kappa shape index (κ2) is 6.76. The van der Waals surface area contributed by atoms with Crippen molar-refractivity contribution in [2.45, 2.75) is 33.4 Å². The van der Waals surface area contributed by atoms with Crippen molar-refractivity contribution in [3.8, 4) is 0 Å². The molecule has 4 heteroatoms. The Morgan fingerprint density at radius 2 is 2.00 bits per heavy atom. The van der Waals surface area contributed by atoms with Gasteiger partial charge in [-0.05, 0) is 24.5 Å². The van der Waals surface area contributed by atoms with Crippen LogP contribution in [0.3, 0.4) is 0 Å². The molecule has 3 nitrogen and oxygen atoms in total. The van der Waals surface area contributed by atoms with Crippen molar-refractivity contribution in [2.24, 2.45) is 11.7 Å². The van der Waals surface area contributed by atoms with Crippen LogP contribution in [0.4, 0.5) is 0 Å². The van der Waals surface area contributed by atoms with Gasteiger partial charge in [-0.25, -0.2) is 0 Å². The topological polar surface area (TPSA) is 46.3 Å². The summed E-state index contributed by atoms with van der Waals surface area (Å²) in [4.78, 5) is 13.9. The Kier molecular flexibility index (Phi) is 5.63. The van der Waals surface area contributed by atoms with E-state index in [1.807, 2.05) is 45.0 Å². The zero-order valence-corrected chi connectivity index (χ0v) is 11.9. The molecule has 1 aromatic carbocycles. The fraction of sp³-hybridized carbons (Fsp3) is 0.500. The smallest absolute Gasteiger partial charge is 0.240 e. The first-order valence-electron chi connectivity index (χ1n) is 6.25. The van der Waals surface area contributed by atoms with Gasteiger partial charge in [-0.15, -0.1) is 0 Å². The Morgan fingerprint density at radius 1 is 1.39 bits per heavy atom. The Balaban J connectivity index is 2.80. The first-order chi connectivity index (χ1) is 8.47. The number of carbonyl (C=O) groups excluding carboxylic acids is 1. The van der Waals surface area contributed by atoms with Crippen LogP contribution in [0.5, 0.6) is 0 Å². The number of nitrogens with zero attached hydrogens (tertiary/aromatic N) is 1. The minimum Gasteiger partial charge on any atom is -0.337 e. The van der Waals surface area contributed by atoms with E-state index in [2.05, 4.69) is 0 Å². The number of hydrogen-bond donors (Lipinski definition) is 1. The Morgan fingerprint density at radius 3 is 2.50 bits per heavy atom. The van der Waals surface area contributed by atoms with Crippen molar-refractivity contribution in [1.82, 2.24) is 4.90 Å². The molecule has 0 spiro atoms. The van der Waals surface area contributed by atoms with Crippen molar-refractivity contribution >= 4 is 17.5 Å². The molecule has 0 saturated carbocycles. The quantitative estimate of drug-likeness (QED) is 0.892. The van der Waals surface area contributed by atoms with E-state index in [0.29, 0.717) is 18.1 Å². The first-order valence-corrected chi connectivity index (χ1v) is 6.63. The zero-order chi connectivity index (χ0) is 13.7. The second-order valence-corrected chi connectivity index (χ2v) is 5.12. The summed E-state index contributed by atoms with van der Waals surface area (Å²) in [6.07, 6.45) is 0. The average Bonchev–Trinajstić information content (AvgIpc) is 2.36. The fourth-order valence-electron chi connectivity index (χ4n) is 1.67. The summed E-state index contributed by atoms with van der Waals surface area (Å²) in [7, 11) is 0. The third kappa shape index (κ3) is 3.72. The van der Waals surface area contributed by atoms with E-state index >= 15 is 0 Å². The van der Waals surface area contributed by atoms with Gasteiger partial charge in [0.15, 0.2) is 0 Å². The highest BCUT2D eigenvalue weighted by Crippen LogP contribution is 2.17. The van der Waals surface area contributed by atoms with E-state index in [1.54, 1.807) is 4.90 Å². The SMILES string of the molecule is CCN(Cc1ccccc1Cl)C(=O)C(N)C(C)C. The molecule has 0 aliphatic rings. The highest BCUT2D eigenvalue weighted by Gasteiger charge is 2.22. The van der Waals surface area contributed by atoms with E-state index in [1.165, 1.54) is 0 Å². The number of benzene rings is 1. The van der Waals surface area contributed by atoms with Crippen LogP contribution in [0.15, 0.2) is 24.3 Å². The summed E-state index contributed by atoms with van der Waals surface area (Å²) < 4.78 is 0. The predicted octanol–water partition coefficient (Wildman–Crippen LogP) is 2.67. The van der Waals surface area contributed by atoms with Crippen LogP contribution >= 0.6 is 11.6 Å². The van der Waals surface area contributed by atoms with Gasteiger partial charge >= 0.3 is 0 Å². The summed E-state index contributed by atoms with van der Waals surface area (Å²) in [5.74, 6) is 0.116. The van der Waals surface area contributed by atoms with Crippen molar-refractivity contribution in [2.75, 3.05) is 6.54 Å². The molecule has 0 aliphatic heterocycles. The lowest BCUT2D eigenvalue weighted by Crippen LogP contribution is -2.46. The van der Waals surface area contributed by atoms with Gasteiger partial charge in [0.2, 0.25) is 5.91 Å². The van der Waals surface area contributed by atoms with E-state index in [9.17, 15) is 4.79 Å². The maximum absolute atomic E-state index is 12.2. The molecule has 0 heterocycles. The summed E-state index contributed by atoms with van der Waals surface area (Å²) in [6.45, 7) is 6.99. The van der Waals surface area contributed by atoms with E-state index in [0.717, 1.165) is 5.56 Å². The number of amides is 1. The second-order valence-electron chi connectivity index (χ2n) is 4.71. The lowest BCUT2D eigenvalue weighted by Gasteiger charge is -2.26. The van der Waals surface area contributed by atoms with Crippen LogP contribution < -0.4 is 5.73 Å². The molecule has 1 aromatic rings. The Hall–Kier alpha value is -1.06. The average molecular weight is 269 g/mol. The minimum atomic E-state index is -0.451. The van der Waals surface area contributed by atoms with E-state index < -0.39 is 6.04 Å². The van der Waals surface area contributed by atoms with Gasteiger partial charge in [0.05, 0.1) is 6.04 Å². The number of halogens is 1. The number of rotatable bonds is 5. The zero-order valence-electron chi connectivity index (χ0n) is 11.2. The maximum atomic E-state index is 12.2. The van der Waals surface area contributed by atoms with Crippen LogP contribution in [0.2, 0.25) is 5.02 Å². The molecule has 0 aromatic heterocycles. The summed E-state index contributed by atoms with van der Waals surface area (Å²) in [6, 6.07) is 7.11.